The molecule has 1 heterocycles. The van der Waals surface area contributed by atoms with Crippen molar-refractivity contribution in [3.05, 3.63) is 83.9 Å². The molecule has 15 heteroatoms. The third kappa shape index (κ3) is 10.1. The molecule has 0 unspecified atom stereocenters. The highest BCUT2D eigenvalue weighted by Gasteiger charge is 2.38. The number of carboxylic acids is 1. The first-order chi connectivity index (χ1) is 17.8. The van der Waals surface area contributed by atoms with E-state index in [9.17, 15) is 31.2 Å². The average Bonchev–Trinajstić information content (AvgIpc) is 3.36. The van der Waals surface area contributed by atoms with E-state index < -0.39 is 46.7 Å². The third-order valence-electron chi connectivity index (χ3n) is 4.59. The number of halogens is 3. The van der Waals surface area contributed by atoms with E-state index in [2.05, 4.69) is 14.7 Å². The van der Waals surface area contributed by atoms with Crippen molar-refractivity contribution in [2.45, 2.75) is 36.5 Å². The zero-order valence-electron chi connectivity index (χ0n) is 19.5. The normalized spacial score (nSPS) is 12.1. The van der Waals surface area contributed by atoms with Crippen molar-refractivity contribution in [3.63, 3.8) is 0 Å². The Morgan fingerprint density at radius 1 is 1.05 bits per heavy atom. The van der Waals surface area contributed by atoms with Crippen molar-refractivity contribution >= 4 is 27.9 Å². The Bertz CT molecular complexity index is 1320. The van der Waals surface area contributed by atoms with E-state index in [0.717, 1.165) is 24.2 Å². The predicted molar refractivity (Wildman–Crippen MR) is 126 cm³/mol. The van der Waals surface area contributed by atoms with Gasteiger partial charge in [-0.15, -0.1) is 0 Å². The van der Waals surface area contributed by atoms with Gasteiger partial charge in [-0.2, -0.15) is 17.9 Å². The van der Waals surface area contributed by atoms with E-state index in [1.165, 1.54) is 12.1 Å². The molecule has 1 atom stereocenters. The summed E-state index contributed by atoms with van der Waals surface area (Å²) in [4.78, 5) is 40.2. The van der Waals surface area contributed by atoms with E-state index in [0.29, 0.717) is 0 Å². The first kappa shape index (κ1) is 30.1. The molecular formula is C23H23F3N4O7S. The summed E-state index contributed by atoms with van der Waals surface area (Å²) in [6.45, 7) is 0. The summed E-state index contributed by atoms with van der Waals surface area (Å²) >= 11 is 0. The van der Waals surface area contributed by atoms with Crippen LogP contribution >= 0.6 is 0 Å². The molecule has 0 spiro atoms. The first-order valence-corrected chi connectivity index (χ1v) is 12.2. The zero-order chi connectivity index (χ0) is 28.3. The standard InChI is InChI=1S/C21H22N4O5S.C2HF3O2/c22-18(25-31(28,29)17-4-2-1-3-5-17)14-20(26)30-21(27)16-9-6-15(7-10-16)8-11-19-23-12-13-24-19;3-2(4,5)1(6)7/h1-7,9-10,12-13,18,25H,8,11,14,22H2,(H,23,24);(H,6,7)/t18-;/m0./s1. The molecule has 38 heavy (non-hydrogen) atoms. The molecule has 0 aliphatic carbocycles. The summed E-state index contributed by atoms with van der Waals surface area (Å²) in [5.74, 6) is -3.66. The zero-order valence-corrected chi connectivity index (χ0v) is 20.3. The first-order valence-electron chi connectivity index (χ1n) is 10.7. The van der Waals surface area contributed by atoms with Crippen molar-refractivity contribution in [1.29, 1.82) is 0 Å². The minimum absolute atomic E-state index is 0.0158. The van der Waals surface area contributed by atoms with Crippen molar-refractivity contribution in [2.75, 3.05) is 0 Å². The van der Waals surface area contributed by atoms with Crippen LogP contribution in [0.5, 0.6) is 0 Å². The molecule has 11 nitrogen and oxygen atoms in total. The van der Waals surface area contributed by atoms with Gasteiger partial charge in [-0.1, -0.05) is 30.3 Å². The number of nitrogens with one attached hydrogen (secondary N) is 2. The molecule has 204 valence electrons. The highest BCUT2D eigenvalue weighted by Crippen LogP contribution is 2.13. The van der Waals surface area contributed by atoms with E-state index >= 15 is 0 Å². The number of carbonyl (C=O) groups is 3. The largest absolute Gasteiger partial charge is 0.490 e. The van der Waals surface area contributed by atoms with Crippen LogP contribution in [0.2, 0.25) is 0 Å². The predicted octanol–water partition coefficient (Wildman–Crippen LogP) is 2.16. The molecule has 3 aromatic rings. The van der Waals surface area contributed by atoms with E-state index in [1.54, 1.807) is 54.9 Å². The molecule has 0 aliphatic heterocycles. The number of alkyl halides is 3. The van der Waals surface area contributed by atoms with Gasteiger partial charge in [-0.3, -0.25) is 4.79 Å². The summed E-state index contributed by atoms with van der Waals surface area (Å²) in [5.41, 5.74) is 6.89. The molecule has 0 aliphatic rings. The van der Waals surface area contributed by atoms with Gasteiger partial charge in [0.15, 0.2) is 0 Å². The minimum atomic E-state index is -5.08. The average molecular weight is 557 g/mol. The van der Waals surface area contributed by atoms with Crippen LogP contribution in [0, 0.1) is 0 Å². The number of aliphatic carboxylic acids is 1. The molecule has 5 N–H and O–H groups in total. The number of hydrogen-bond acceptors (Lipinski definition) is 8. The highest BCUT2D eigenvalue weighted by atomic mass is 32.2. The quantitative estimate of drug-likeness (QED) is 0.174. The number of aromatic amines is 1. The Morgan fingerprint density at radius 3 is 2.18 bits per heavy atom. The number of imidazole rings is 1. The van der Waals surface area contributed by atoms with Crippen LogP contribution in [0.25, 0.3) is 0 Å². The van der Waals surface area contributed by atoms with Crippen molar-refractivity contribution < 1.29 is 45.8 Å². The minimum Gasteiger partial charge on any atom is -0.475 e. The Labute approximate surface area is 214 Å². The second kappa shape index (κ2) is 13.5. The number of nitrogens with two attached hydrogens (primary N) is 1. The molecule has 0 saturated heterocycles. The molecule has 0 fully saturated rings. The van der Waals surface area contributed by atoms with Crippen LogP contribution in [0.3, 0.4) is 0 Å². The van der Waals surface area contributed by atoms with E-state index in [4.69, 9.17) is 20.4 Å². The number of aromatic nitrogens is 2. The fourth-order valence-electron chi connectivity index (χ4n) is 2.80. The van der Waals surface area contributed by atoms with Gasteiger partial charge in [0, 0.05) is 18.8 Å². The van der Waals surface area contributed by atoms with Crippen LogP contribution in [-0.2, 0) is 37.2 Å². The SMILES string of the molecule is N[C@H](CC(=O)OC(=O)c1ccc(CCc2ncc[nH]2)cc1)NS(=O)(=O)c1ccccc1.O=C(O)C(F)(F)F. The number of esters is 2. The molecule has 1 aromatic heterocycles. The number of ether oxygens (including phenoxy) is 1. The fourth-order valence-corrected chi connectivity index (χ4v) is 3.93. The van der Waals surface area contributed by atoms with Crippen molar-refractivity contribution in [1.82, 2.24) is 14.7 Å². The highest BCUT2D eigenvalue weighted by molar-refractivity contribution is 7.89. The Kier molecular flexibility index (Phi) is 10.7. The summed E-state index contributed by atoms with van der Waals surface area (Å²) in [7, 11) is -3.89. The smallest absolute Gasteiger partial charge is 0.475 e. The van der Waals surface area contributed by atoms with Crippen LogP contribution in [0.4, 0.5) is 13.2 Å². The second-order valence-corrected chi connectivity index (χ2v) is 9.26. The summed E-state index contributed by atoms with van der Waals surface area (Å²) in [5, 5.41) is 7.12. The molecule has 0 bridgehead atoms. The van der Waals surface area contributed by atoms with Gasteiger partial charge < -0.3 is 20.6 Å². The summed E-state index contributed by atoms with van der Waals surface area (Å²) < 4.78 is 63.1. The maximum Gasteiger partial charge on any atom is 0.490 e. The van der Waals surface area contributed by atoms with E-state index in [-0.39, 0.29) is 10.5 Å². The van der Waals surface area contributed by atoms with Crippen LogP contribution in [-0.4, -0.2) is 53.7 Å². The lowest BCUT2D eigenvalue weighted by molar-refractivity contribution is -0.192. The lowest BCUT2D eigenvalue weighted by atomic mass is 10.1. The Morgan fingerprint density at radius 2 is 1.66 bits per heavy atom. The van der Waals surface area contributed by atoms with Gasteiger partial charge in [0.1, 0.15) is 5.82 Å². The monoisotopic (exact) mass is 556 g/mol. The molecule has 2 aromatic carbocycles. The number of nitrogens with zero attached hydrogens (tertiary/aromatic N) is 1. The van der Waals surface area contributed by atoms with Crippen LogP contribution < -0.4 is 10.5 Å². The number of aryl methyl sites for hydroxylation is 2. The fraction of sp³-hybridized carbons (Fsp3) is 0.217. The molecule has 0 amide bonds. The van der Waals surface area contributed by atoms with Gasteiger partial charge in [0.2, 0.25) is 10.0 Å². The second-order valence-electron chi connectivity index (χ2n) is 7.54. The summed E-state index contributed by atoms with van der Waals surface area (Å²) in [6, 6.07) is 14.3. The third-order valence-corrected chi connectivity index (χ3v) is 6.10. The maximum absolute atomic E-state index is 12.2. The Hall–Kier alpha value is -4.08. The van der Waals surface area contributed by atoms with Gasteiger partial charge in [-0.25, -0.2) is 23.0 Å². The maximum atomic E-state index is 12.2. The van der Waals surface area contributed by atoms with Gasteiger partial charge in [-0.05, 0) is 36.2 Å². The molecule has 0 radical (unpaired) electrons. The van der Waals surface area contributed by atoms with Crippen LogP contribution in [0.15, 0.2) is 71.9 Å². The number of carbonyl (C=O) groups excluding carboxylic acids is 2. The number of carboxylic acid groups (broad SMARTS) is 1. The molecule has 0 saturated carbocycles. The van der Waals surface area contributed by atoms with E-state index in [1.807, 2.05) is 0 Å². The van der Waals surface area contributed by atoms with Crippen LogP contribution in [0.1, 0.15) is 28.2 Å². The number of sulfonamides is 1. The number of rotatable bonds is 9. The molecular weight excluding hydrogens is 533 g/mol. The number of H-pyrrole nitrogens is 1. The van der Waals surface area contributed by atoms with Crippen molar-refractivity contribution in [3.8, 4) is 0 Å². The van der Waals surface area contributed by atoms with Gasteiger partial charge in [0.25, 0.3) is 0 Å². The molecule has 3 rings (SSSR count). The topological polar surface area (TPSA) is 182 Å². The van der Waals surface area contributed by atoms with Gasteiger partial charge in [0.05, 0.1) is 23.0 Å². The van der Waals surface area contributed by atoms with Crippen molar-refractivity contribution in [2.24, 2.45) is 5.73 Å². The number of hydrogen-bond donors (Lipinski definition) is 4. The summed E-state index contributed by atoms with van der Waals surface area (Å²) in [6.07, 6.45) is -1.92. The lowest BCUT2D eigenvalue weighted by Gasteiger charge is -2.13. The van der Waals surface area contributed by atoms with Gasteiger partial charge >= 0.3 is 24.1 Å². The number of benzene rings is 2. The lowest BCUT2D eigenvalue weighted by Crippen LogP contribution is -2.43. The Balaban J connectivity index is 0.000000638.